The number of carboxylic acids is 1. The van der Waals surface area contributed by atoms with Crippen LogP contribution in [0.2, 0.25) is 0 Å². The Bertz CT molecular complexity index is 497. The van der Waals surface area contributed by atoms with Crippen LogP contribution in [0.4, 0.5) is 9.80 Å². The Hall–Kier alpha value is -2.09. The highest BCUT2D eigenvalue weighted by atomic mass is 32.1. The predicted octanol–water partition coefficient (Wildman–Crippen LogP) is 0.750. The van der Waals surface area contributed by atoms with E-state index in [1.165, 1.54) is 13.0 Å². The first-order chi connectivity index (χ1) is 8.31. The summed E-state index contributed by atoms with van der Waals surface area (Å²) in [6, 6.07) is -0.195. The van der Waals surface area contributed by atoms with Crippen LogP contribution in [0.25, 0.3) is 0 Å². The molecule has 0 aliphatic rings. The number of thiophene rings is 1. The van der Waals surface area contributed by atoms with Crippen LogP contribution in [-0.4, -0.2) is 29.1 Å². The third-order valence-electron chi connectivity index (χ3n) is 2.07. The normalized spacial score (nSPS) is 11.7. The Morgan fingerprint density at radius 3 is 2.56 bits per heavy atom. The van der Waals surface area contributed by atoms with Crippen molar-refractivity contribution in [2.45, 2.75) is 19.9 Å². The number of rotatable bonds is 4. The summed E-state index contributed by atoms with van der Waals surface area (Å²) in [5.41, 5.74) is 4.91. The van der Waals surface area contributed by atoms with Crippen LogP contribution < -0.4 is 16.4 Å². The molecule has 1 aromatic rings. The number of amides is 3. The van der Waals surface area contributed by atoms with E-state index in [1.807, 2.05) is 0 Å². The van der Waals surface area contributed by atoms with E-state index >= 15 is 0 Å². The molecule has 5 N–H and O–H groups in total. The van der Waals surface area contributed by atoms with Gasteiger partial charge in [-0.25, -0.2) is 9.59 Å². The molecule has 1 unspecified atom stereocenters. The van der Waals surface area contributed by atoms with Crippen LogP contribution in [0.3, 0.4) is 0 Å². The lowest BCUT2D eigenvalue weighted by Crippen LogP contribution is -2.44. The van der Waals surface area contributed by atoms with Gasteiger partial charge in [0.05, 0.1) is 5.56 Å². The second-order valence-corrected chi connectivity index (χ2v) is 4.88. The summed E-state index contributed by atoms with van der Waals surface area (Å²) >= 11 is 1.15. The van der Waals surface area contributed by atoms with Crippen LogP contribution in [0.15, 0.2) is 6.07 Å². The maximum Gasteiger partial charge on any atom is 0.338 e. The number of hydrogen-bond donors (Lipinski definition) is 4. The topological polar surface area (TPSA) is 122 Å². The lowest BCUT2D eigenvalue weighted by molar-refractivity contribution is -0.117. The highest BCUT2D eigenvalue weighted by Gasteiger charge is 2.19. The van der Waals surface area contributed by atoms with E-state index in [4.69, 9.17) is 10.8 Å². The number of primary amides is 1. The lowest BCUT2D eigenvalue weighted by Gasteiger charge is -2.11. The fourth-order valence-electron chi connectivity index (χ4n) is 1.27. The molecule has 0 saturated heterocycles. The Balaban J connectivity index is 2.81. The van der Waals surface area contributed by atoms with Gasteiger partial charge >= 0.3 is 12.0 Å². The molecule has 0 spiro atoms. The van der Waals surface area contributed by atoms with Crippen molar-refractivity contribution in [2.75, 3.05) is 5.32 Å². The predicted molar refractivity (Wildman–Crippen MR) is 66.8 cm³/mol. The Morgan fingerprint density at radius 1 is 1.44 bits per heavy atom. The summed E-state index contributed by atoms with van der Waals surface area (Å²) in [5, 5.41) is 13.8. The molecule has 0 saturated carbocycles. The highest BCUT2D eigenvalue weighted by Crippen LogP contribution is 2.27. The average molecular weight is 271 g/mol. The van der Waals surface area contributed by atoms with Gasteiger partial charge in [-0.05, 0) is 19.9 Å². The van der Waals surface area contributed by atoms with E-state index in [9.17, 15) is 14.4 Å². The highest BCUT2D eigenvalue weighted by molar-refractivity contribution is 7.16. The zero-order valence-corrected chi connectivity index (χ0v) is 10.6. The fourth-order valence-corrected chi connectivity index (χ4v) is 2.17. The van der Waals surface area contributed by atoms with Crippen molar-refractivity contribution in [3.8, 4) is 0 Å². The van der Waals surface area contributed by atoms with E-state index < -0.39 is 23.9 Å². The maximum atomic E-state index is 11.7. The van der Waals surface area contributed by atoms with Gasteiger partial charge < -0.3 is 21.5 Å². The summed E-state index contributed by atoms with van der Waals surface area (Å²) in [4.78, 5) is 33.9. The second-order valence-electron chi connectivity index (χ2n) is 3.62. The van der Waals surface area contributed by atoms with Crippen molar-refractivity contribution in [1.82, 2.24) is 5.32 Å². The molecule has 0 fully saturated rings. The van der Waals surface area contributed by atoms with Crippen LogP contribution in [0.5, 0.6) is 0 Å². The maximum absolute atomic E-state index is 11.7. The Morgan fingerprint density at radius 2 is 2.06 bits per heavy atom. The van der Waals surface area contributed by atoms with Gasteiger partial charge in [-0.15, -0.1) is 11.3 Å². The van der Waals surface area contributed by atoms with Crippen molar-refractivity contribution in [3.05, 3.63) is 16.5 Å². The van der Waals surface area contributed by atoms with Crippen LogP contribution in [-0.2, 0) is 4.79 Å². The molecule has 0 aliphatic heterocycles. The molecule has 1 atom stereocenters. The molecule has 8 heteroatoms. The Kier molecular flexibility index (Phi) is 4.27. The van der Waals surface area contributed by atoms with Gasteiger partial charge in [0.25, 0.3) is 0 Å². The molecule has 0 aromatic carbocycles. The molecule has 7 nitrogen and oxygen atoms in total. The molecule has 98 valence electrons. The fraction of sp³-hybridized carbons (Fsp3) is 0.300. The molecule has 18 heavy (non-hydrogen) atoms. The molecule has 1 aromatic heterocycles. The molecule has 1 rings (SSSR count). The van der Waals surface area contributed by atoms with Crippen molar-refractivity contribution in [3.63, 3.8) is 0 Å². The number of aromatic carboxylic acids is 1. The third-order valence-corrected chi connectivity index (χ3v) is 3.04. The average Bonchev–Trinajstić information content (AvgIpc) is 2.58. The number of anilines is 1. The summed E-state index contributed by atoms with van der Waals surface area (Å²) in [6.07, 6.45) is 0. The SMILES string of the molecule is Cc1cc(C(=O)O)c(NC(=O)C(C)NC(N)=O)s1. The summed E-state index contributed by atoms with van der Waals surface area (Å²) in [7, 11) is 0. The van der Waals surface area contributed by atoms with Crippen LogP contribution in [0.1, 0.15) is 22.2 Å². The minimum atomic E-state index is -1.12. The molecule has 3 amide bonds. The van der Waals surface area contributed by atoms with Crippen molar-refractivity contribution in [1.29, 1.82) is 0 Å². The smallest absolute Gasteiger partial charge is 0.338 e. The van der Waals surface area contributed by atoms with Crippen LogP contribution >= 0.6 is 11.3 Å². The second kappa shape index (κ2) is 5.50. The summed E-state index contributed by atoms with van der Waals surface area (Å²) in [5.74, 6) is -1.65. The first-order valence-corrected chi connectivity index (χ1v) is 5.83. The zero-order chi connectivity index (χ0) is 13.9. The van der Waals surface area contributed by atoms with Gasteiger partial charge in [0.15, 0.2) is 0 Å². The van der Waals surface area contributed by atoms with Gasteiger partial charge in [0.2, 0.25) is 5.91 Å². The quantitative estimate of drug-likeness (QED) is 0.645. The van der Waals surface area contributed by atoms with Crippen LogP contribution in [0, 0.1) is 6.92 Å². The number of aryl methyl sites for hydroxylation is 1. The van der Waals surface area contributed by atoms with Gasteiger partial charge in [0, 0.05) is 4.88 Å². The van der Waals surface area contributed by atoms with E-state index in [0.717, 1.165) is 16.2 Å². The third kappa shape index (κ3) is 3.45. The Labute approximate surface area is 107 Å². The zero-order valence-electron chi connectivity index (χ0n) is 9.81. The number of nitrogens with two attached hydrogens (primary N) is 1. The van der Waals surface area contributed by atoms with E-state index in [0.29, 0.717) is 0 Å². The number of carbonyl (C=O) groups excluding carboxylic acids is 2. The number of nitrogens with one attached hydrogen (secondary N) is 2. The van der Waals surface area contributed by atoms with E-state index in [1.54, 1.807) is 6.92 Å². The number of urea groups is 1. The molecule has 0 radical (unpaired) electrons. The molecule has 1 heterocycles. The van der Waals surface area contributed by atoms with Gasteiger partial charge in [-0.2, -0.15) is 0 Å². The first-order valence-electron chi connectivity index (χ1n) is 5.01. The van der Waals surface area contributed by atoms with E-state index in [2.05, 4.69) is 10.6 Å². The number of carboxylic acid groups (broad SMARTS) is 1. The monoisotopic (exact) mass is 271 g/mol. The largest absolute Gasteiger partial charge is 0.478 e. The van der Waals surface area contributed by atoms with Crippen molar-refractivity contribution >= 4 is 34.2 Å². The molecular formula is C10H13N3O4S. The number of carbonyl (C=O) groups is 3. The van der Waals surface area contributed by atoms with Gasteiger partial charge in [-0.1, -0.05) is 0 Å². The van der Waals surface area contributed by atoms with Gasteiger partial charge in [-0.3, -0.25) is 4.79 Å². The van der Waals surface area contributed by atoms with E-state index in [-0.39, 0.29) is 10.6 Å². The van der Waals surface area contributed by atoms with Gasteiger partial charge in [0.1, 0.15) is 11.0 Å². The first kappa shape index (κ1) is 14.0. The summed E-state index contributed by atoms with van der Waals surface area (Å²) in [6.45, 7) is 3.18. The standard InChI is InChI=1S/C10H13N3O4S/c1-4-3-6(9(15)16)8(18-4)13-7(14)5(2)12-10(11)17/h3,5H,1-2H3,(H,13,14)(H,15,16)(H3,11,12,17). The molecule has 0 bridgehead atoms. The summed E-state index contributed by atoms with van der Waals surface area (Å²) < 4.78 is 0. The van der Waals surface area contributed by atoms with Crippen molar-refractivity contribution in [2.24, 2.45) is 5.73 Å². The molecule has 0 aliphatic carbocycles. The lowest BCUT2D eigenvalue weighted by atomic mass is 10.2. The minimum Gasteiger partial charge on any atom is -0.478 e. The minimum absolute atomic E-state index is 0.0251. The van der Waals surface area contributed by atoms with Crippen molar-refractivity contribution < 1.29 is 19.5 Å². The molecular weight excluding hydrogens is 258 g/mol. The number of hydrogen-bond acceptors (Lipinski definition) is 4.